The lowest BCUT2D eigenvalue weighted by Crippen LogP contribution is -2.31. The molecule has 0 radical (unpaired) electrons. The molecular formula is C16H20N2O3. The van der Waals surface area contributed by atoms with Gasteiger partial charge in [0, 0.05) is 13.2 Å². The van der Waals surface area contributed by atoms with Crippen LogP contribution < -0.4 is 5.32 Å². The lowest BCUT2D eigenvalue weighted by atomic mass is 10.0. The van der Waals surface area contributed by atoms with Crippen molar-refractivity contribution >= 4 is 11.6 Å². The van der Waals surface area contributed by atoms with Gasteiger partial charge < -0.3 is 14.8 Å². The van der Waals surface area contributed by atoms with E-state index in [1.165, 1.54) is 0 Å². The van der Waals surface area contributed by atoms with Gasteiger partial charge in [-0.1, -0.05) is 12.1 Å². The van der Waals surface area contributed by atoms with Crippen molar-refractivity contribution in [3.63, 3.8) is 0 Å². The fourth-order valence-electron chi connectivity index (χ4n) is 2.19. The second-order valence-electron chi connectivity index (χ2n) is 5.18. The van der Waals surface area contributed by atoms with Crippen LogP contribution in [0.5, 0.6) is 0 Å². The topological polar surface area (TPSA) is 71.3 Å². The molecule has 1 heterocycles. The average molecular weight is 288 g/mol. The van der Waals surface area contributed by atoms with E-state index in [1.54, 1.807) is 31.2 Å². The minimum absolute atomic E-state index is 0.232. The van der Waals surface area contributed by atoms with Crippen LogP contribution in [0.4, 0.5) is 5.69 Å². The molecule has 5 nitrogen and oxygen atoms in total. The number of nitrogens with one attached hydrogen (secondary N) is 1. The van der Waals surface area contributed by atoms with Crippen LogP contribution >= 0.6 is 0 Å². The zero-order valence-corrected chi connectivity index (χ0v) is 12.2. The van der Waals surface area contributed by atoms with Crippen LogP contribution in [0.1, 0.15) is 25.3 Å². The van der Waals surface area contributed by atoms with Crippen molar-refractivity contribution in [2.24, 2.45) is 5.92 Å². The number of hydrogen-bond acceptors (Lipinski definition) is 4. The lowest BCUT2D eigenvalue weighted by molar-refractivity contribution is -0.127. The highest BCUT2D eigenvalue weighted by atomic mass is 16.5. The third-order valence-electron chi connectivity index (χ3n) is 3.60. The molecule has 1 fully saturated rings. The number of anilines is 1. The summed E-state index contributed by atoms with van der Waals surface area (Å²) in [5, 5.41) is 11.7. The van der Waals surface area contributed by atoms with Crippen molar-refractivity contribution in [3.8, 4) is 6.07 Å². The molecule has 1 N–H and O–H groups in total. The lowest BCUT2D eigenvalue weighted by Gasteiger charge is -2.23. The number of ether oxygens (including phenoxy) is 2. The van der Waals surface area contributed by atoms with Gasteiger partial charge in [0.2, 0.25) is 0 Å². The Morgan fingerprint density at radius 3 is 2.90 bits per heavy atom. The summed E-state index contributed by atoms with van der Waals surface area (Å²) in [5.41, 5.74) is 0.967. The molecule has 1 aromatic carbocycles. The van der Waals surface area contributed by atoms with Crippen molar-refractivity contribution < 1.29 is 14.3 Å². The van der Waals surface area contributed by atoms with Gasteiger partial charge in [0.1, 0.15) is 12.2 Å². The number of carbonyl (C=O) groups is 1. The van der Waals surface area contributed by atoms with Crippen molar-refractivity contribution in [3.05, 3.63) is 29.8 Å². The van der Waals surface area contributed by atoms with Gasteiger partial charge in [0.15, 0.2) is 0 Å². The van der Waals surface area contributed by atoms with Crippen molar-refractivity contribution in [1.29, 1.82) is 5.26 Å². The molecule has 5 heteroatoms. The van der Waals surface area contributed by atoms with Gasteiger partial charge in [-0.2, -0.15) is 5.26 Å². The number of amides is 1. The van der Waals surface area contributed by atoms with E-state index in [0.29, 0.717) is 23.8 Å². The molecular weight excluding hydrogens is 268 g/mol. The highest BCUT2D eigenvalue weighted by Crippen LogP contribution is 2.17. The van der Waals surface area contributed by atoms with Crippen LogP contribution in [-0.2, 0) is 14.3 Å². The third kappa shape index (κ3) is 4.55. The van der Waals surface area contributed by atoms with E-state index in [1.807, 2.05) is 0 Å². The summed E-state index contributed by atoms with van der Waals surface area (Å²) in [4.78, 5) is 12.1. The van der Waals surface area contributed by atoms with Crippen molar-refractivity contribution in [2.45, 2.75) is 25.9 Å². The molecule has 21 heavy (non-hydrogen) atoms. The Kier molecular flexibility index (Phi) is 5.73. The van der Waals surface area contributed by atoms with Crippen molar-refractivity contribution in [1.82, 2.24) is 0 Å². The van der Waals surface area contributed by atoms with Gasteiger partial charge in [0.05, 0.1) is 17.9 Å². The Balaban J connectivity index is 1.83. The first kappa shape index (κ1) is 15.5. The number of para-hydroxylation sites is 1. The van der Waals surface area contributed by atoms with Crippen LogP contribution in [-0.4, -0.2) is 31.8 Å². The van der Waals surface area contributed by atoms with Gasteiger partial charge in [-0.3, -0.25) is 4.79 Å². The van der Waals surface area contributed by atoms with E-state index in [0.717, 1.165) is 26.1 Å². The Morgan fingerprint density at radius 1 is 1.48 bits per heavy atom. The monoisotopic (exact) mass is 288 g/mol. The quantitative estimate of drug-likeness (QED) is 0.902. The molecule has 0 aromatic heterocycles. The predicted octanol–water partition coefficient (Wildman–Crippen LogP) is 2.33. The smallest absolute Gasteiger partial charge is 0.253 e. The van der Waals surface area contributed by atoms with E-state index in [9.17, 15) is 4.79 Å². The summed E-state index contributed by atoms with van der Waals surface area (Å²) in [6.07, 6.45) is 1.41. The minimum atomic E-state index is -0.542. The van der Waals surface area contributed by atoms with Crippen LogP contribution in [0.25, 0.3) is 0 Å². The Hall–Kier alpha value is -1.90. The molecule has 1 amide bonds. The first-order valence-corrected chi connectivity index (χ1v) is 7.20. The number of benzene rings is 1. The maximum absolute atomic E-state index is 12.1. The SMILES string of the molecule is CC(OCC1CCOCC1)C(=O)Nc1ccccc1C#N. The molecule has 0 saturated carbocycles. The largest absolute Gasteiger partial charge is 0.381 e. The normalized spacial score (nSPS) is 17.0. The molecule has 1 aliphatic heterocycles. The van der Waals surface area contributed by atoms with Crippen molar-refractivity contribution in [2.75, 3.05) is 25.1 Å². The first-order chi connectivity index (χ1) is 10.2. The number of nitriles is 1. The van der Waals surface area contributed by atoms with E-state index >= 15 is 0 Å². The first-order valence-electron chi connectivity index (χ1n) is 7.20. The Morgan fingerprint density at radius 2 is 2.19 bits per heavy atom. The number of rotatable bonds is 5. The van der Waals surface area contributed by atoms with Gasteiger partial charge >= 0.3 is 0 Å². The summed E-state index contributed by atoms with van der Waals surface area (Å²) >= 11 is 0. The molecule has 1 unspecified atom stereocenters. The van der Waals surface area contributed by atoms with E-state index in [4.69, 9.17) is 14.7 Å². The fraction of sp³-hybridized carbons (Fsp3) is 0.500. The van der Waals surface area contributed by atoms with Gasteiger partial charge in [-0.05, 0) is 37.8 Å². The van der Waals surface area contributed by atoms with Gasteiger partial charge in [-0.25, -0.2) is 0 Å². The second kappa shape index (κ2) is 7.77. The molecule has 112 valence electrons. The van der Waals surface area contributed by atoms with Crippen LogP contribution in [0.15, 0.2) is 24.3 Å². The molecule has 1 saturated heterocycles. The standard InChI is InChI=1S/C16H20N2O3/c1-12(21-11-13-6-8-20-9-7-13)16(19)18-15-5-3-2-4-14(15)10-17/h2-5,12-13H,6-9,11H2,1H3,(H,18,19). The van der Waals surface area contributed by atoms with Crippen LogP contribution in [0.3, 0.4) is 0 Å². The number of nitrogens with zero attached hydrogens (tertiary/aromatic N) is 1. The summed E-state index contributed by atoms with van der Waals surface area (Å²) in [5.74, 6) is 0.227. The third-order valence-corrected chi connectivity index (χ3v) is 3.60. The summed E-state index contributed by atoms with van der Waals surface area (Å²) in [6.45, 7) is 3.83. The second-order valence-corrected chi connectivity index (χ2v) is 5.18. The molecule has 1 aromatic rings. The van der Waals surface area contributed by atoms with E-state index in [2.05, 4.69) is 11.4 Å². The maximum Gasteiger partial charge on any atom is 0.253 e. The average Bonchev–Trinajstić information content (AvgIpc) is 2.54. The zero-order chi connectivity index (χ0) is 15.1. The van der Waals surface area contributed by atoms with Gasteiger partial charge in [-0.15, -0.1) is 0 Å². The zero-order valence-electron chi connectivity index (χ0n) is 12.2. The molecule has 1 aliphatic rings. The maximum atomic E-state index is 12.1. The van der Waals surface area contributed by atoms with Crippen LogP contribution in [0.2, 0.25) is 0 Å². The molecule has 1 atom stereocenters. The predicted molar refractivity (Wildman–Crippen MR) is 78.7 cm³/mol. The van der Waals surface area contributed by atoms with Crippen LogP contribution in [0, 0.1) is 17.2 Å². The Bertz CT molecular complexity index is 518. The van der Waals surface area contributed by atoms with E-state index < -0.39 is 6.10 Å². The summed E-state index contributed by atoms with van der Waals surface area (Å²) in [7, 11) is 0. The van der Waals surface area contributed by atoms with E-state index in [-0.39, 0.29) is 5.91 Å². The molecule has 0 aliphatic carbocycles. The minimum Gasteiger partial charge on any atom is -0.381 e. The fourth-order valence-corrected chi connectivity index (χ4v) is 2.19. The molecule has 2 rings (SSSR count). The molecule has 0 bridgehead atoms. The summed E-state index contributed by atoms with van der Waals surface area (Å²) in [6, 6.07) is 8.98. The molecule has 0 spiro atoms. The Labute approximate surface area is 124 Å². The van der Waals surface area contributed by atoms with Gasteiger partial charge in [0.25, 0.3) is 5.91 Å². The highest BCUT2D eigenvalue weighted by molar-refractivity contribution is 5.95. The number of hydrogen-bond donors (Lipinski definition) is 1. The highest BCUT2D eigenvalue weighted by Gasteiger charge is 2.19. The number of carbonyl (C=O) groups excluding carboxylic acids is 1. The summed E-state index contributed by atoms with van der Waals surface area (Å²) < 4.78 is 10.9.